The third-order valence-corrected chi connectivity index (χ3v) is 2.78. The zero-order chi connectivity index (χ0) is 13.8. The summed E-state index contributed by atoms with van der Waals surface area (Å²) in [6, 6.07) is 7.60. The minimum absolute atomic E-state index is 0.0444. The minimum atomic E-state index is -0.642. The lowest BCUT2D eigenvalue weighted by molar-refractivity contribution is 0.0950. The molecule has 4 nitrogen and oxygen atoms in total. The average Bonchev–Trinajstić information content (AvgIpc) is 2.40. The van der Waals surface area contributed by atoms with Gasteiger partial charge >= 0.3 is 0 Å². The van der Waals surface area contributed by atoms with Crippen LogP contribution < -0.4 is 5.32 Å². The van der Waals surface area contributed by atoms with Gasteiger partial charge in [-0.05, 0) is 12.1 Å². The number of pyridine rings is 1. The monoisotopic (exact) mass is 280 g/mol. The first-order chi connectivity index (χ1) is 9.08. The molecule has 0 unspecified atom stereocenters. The van der Waals surface area contributed by atoms with E-state index in [1.165, 1.54) is 6.07 Å². The summed E-state index contributed by atoms with van der Waals surface area (Å²) < 4.78 is 13.0. The van der Waals surface area contributed by atoms with E-state index in [0.717, 1.165) is 12.3 Å². The van der Waals surface area contributed by atoms with E-state index in [4.69, 9.17) is 11.6 Å². The first-order valence-electron chi connectivity index (χ1n) is 5.44. The van der Waals surface area contributed by atoms with Crippen LogP contribution in [0.15, 0.2) is 36.5 Å². The van der Waals surface area contributed by atoms with Gasteiger partial charge in [-0.25, -0.2) is 9.37 Å². The maximum Gasteiger partial charge on any atom is 0.254 e. The van der Waals surface area contributed by atoms with E-state index < -0.39 is 11.7 Å². The second-order valence-electron chi connectivity index (χ2n) is 3.80. The molecule has 19 heavy (non-hydrogen) atoms. The Bertz CT molecular complexity index is 619. The summed E-state index contributed by atoms with van der Waals surface area (Å²) in [5.74, 6) is -1.12. The molecular weight excluding hydrogens is 271 g/mol. The van der Waals surface area contributed by atoms with Crippen molar-refractivity contribution in [2.45, 2.75) is 6.54 Å². The number of hydrogen-bond acceptors (Lipinski definition) is 3. The summed E-state index contributed by atoms with van der Waals surface area (Å²) in [5.41, 5.74) is 0.508. The number of nitrogens with one attached hydrogen (secondary N) is 1. The van der Waals surface area contributed by atoms with Crippen LogP contribution in [0.1, 0.15) is 15.9 Å². The van der Waals surface area contributed by atoms with Gasteiger partial charge < -0.3 is 10.4 Å². The summed E-state index contributed by atoms with van der Waals surface area (Å²) in [7, 11) is 0. The molecule has 0 aliphatic heterocycles. The highest BCUT2D eigenvalue weighted by atomic mass is 35.5. The van der Waals surface area contributed by atoms with E-state index in [-0.39, 0.29) is 23.0 Å². The van der Waals surface area contributed by atoms with Gasteiger partial charge in [-0.1, -0.05) is 29.8 Å². The molecule has 2 N–H and O–H groups in total. The van der Waals surface area contributed by atoms with Crippen molar-refractivity contribution in [2.75, 3.05) is 0 Å². The second kappa shape index (κ2) is 5.67. The molecule has 0 radical (unpaired) electrons. The topological polar surface area (TPSA) is 62.2 Å². The lowest BCUT2D eigenvalue weighted by Crippen LogP contribution is -2.23. The van der Waals surface area contributed by atoms with E-state index >= 15 is 0 Å². The quantitative estimate of drug-likeness (QED) is 0.849. The first kappa shape index (κ1) is 13.3. The number of para-hydroxylation sites is 1. The first-order valence-corrected chi connectivity index (χ1v) is 5.82. The number of phenolic OH excluding ortho intramolecular Hbond substituents is 1. The van der Waals surface area contributed by atoms with Gasteiger partial charge in [0.05, 0.1) is 11.8 Å². The van der Waals surface area contributed by atoms with Crippen LogP contribution in [0.2, 0.25) is 5.15 Å². The van der Waals surface area contributed by atoms with Crippen LogP contribution in [-0.2, 0) is 6.54 Å². The highest BCUT2D eigenvalue weighted by Crippen LogP contribution is 2.16. The number of rotatable bonds is 3. The van der Waals surface area contributed by atoms with Crippen LogP contribution in [0, 0.1) is 5.82 Å². The highest BCUT2D eigenvalue weighted by molar-refractivity contribution is 6.32. The molecule has 1 aromatic heterocycles. The Kier molecular flexibility index (Phi) is 3.97. The van der Waals surface area contributed by atoms with Gasteiger partial charge in [0, 0.05) is 12.1 Å². The predicted octanol–water partition coefficient (Wildman–Crippen LogP) is 2.51. The average molecular weight is 281 g/mol. The Morgan fingerprint density at radius 2 is 2.16 bits per heavy atom. The molecule has 2 aromatic rings. The number of halogens is 2. The molecule has 98 valence electrons. The molecule has 0 saturated carbocycles. The molecule has 2 rings (SSSR count). The fraction of sp³-hybridized carbons (Fsp3) is 0.0769. The number of carbonyl (C=O) groups excluding carboxylic acids is 1. The summed E-state index contributed by atoms with van der Waals surface area (Å²) in [5, 5.41) is 12.0. The van der Waals surface area contributed by atoms with Crippen LogP contribution >= 0.6 is 11.6 Å². The molecule has 0 bridgehead atoms. The van der Waals surface area contributed by atoms with E-state index in [9.17, 15) is 14.3 Å². The van der Waals surface area contributed by atoms with Gasteiger partial charge in [-0.3, -0.25) is 4.79 Å². The smallest absolute Gasteiger partial charge is 0.254 e. The van der Waals surface area contributed by atoms with Gasteiger partial charge in [0.1, 0.15) is 16.7 Å². The number of aromatic hydroxyl groups is 1. The lowest BCUT2D eigenvalue weighted by atomic mass is 10.2. The van der Waals surface area contributed by atoms with Gasteiger partial charge in [0.2, 0.25) is 0 Å². The molecule has 1 amide bonds. The molecule has 0 atom stereocenters. The Morgan fingerprint density at radius 3 is 2.89 bits per heavy atom. The number of nitrogens with zero attached hydrogens (tertiary/aromatic N) is 1. The maximum atomic E-state index is 13.0. The third kappa shape index (κ3) is 3.20. The molecule has 0 aliphatic carbocycles. The van der Waals surface area contributed by atoms with Crippen molar-refractivity contribution in [1.29, 1.82) is 0 Å². The van der Waals surface area contributed by atoms with Gasteiger partial charge in [-0.2, -0.15) is 0 Å². The Hall–Kier alpha value is -2.14. The summed E-state index contributed by atoms with van der Waals surface area (Å²) in [6.07, 6.45) is 0.933. The molecular formula is C13H10ClFN2O2. The fourth-order valence-electron chi connectivity index (χ4n) is 1.51. The molecule has 0 aliphatic rings. The summed E-state index contributed by atoms with van der Waals surface area (Å²) in [6.45, 7) is 0.109. The van der Waals surface area contributed by atoms with Crippen LogP contribution in [0.25, 0.3) is 0 Å². The highest BCUT2D eigenvalue weighted by Gasteiger charge is 2.13. The Labute approximate surface area is 113 Å². The molecule has 0 saturated heterocycles. The van der Waals surface area contributed by atoms with Crippen LogP contribution in [0.4, 0.5) is 4.39 Å². The molecule has 0 spiro atoms. The largest absolute Gasteiger partial charge is 0.508 e. The van der Waals surface area contributed by atoms with E-state index in [2.05, 4.69) is 10.3 Å². The normalized spacial score (nSPS) is 10.2. The fourth-order valence-corrected chi connectivity index (χ4v) is 1.70. The lowest BCUT2D eigenvalue weighted by Gasteiger charge is -2.07. The van der Waals surface area contributed by atoms with E-state index in [1.54, 1.807) is 18.2 Å². The van der Waals surface area contributed by atoms with Gasteiger partial charge in [0.25, 0.3) is 5.91 Å². The standard InChI is InChI=1S/C13H10ClFN2O2/c14-12-10(5-9(15)7-16-12)13(19)17-6-8-3-1-2-4-11(8)18/h1-5,7,18H,6H2,(H,17,19). The zero-order valence-corrected chi connectivity index (χ0v) is 10.5. The molecule has 1 heterocycles. The molecule has 1 aromatic carbocycles. The Morgan fingerprint density at radius 1 is 1.42 bits per heavy atom. The molecule has 6 heteroatoms. The predicted molar refractivity (Wildman–Crippen MR) is 68.5 cm³/mol. The van der Waals surface area contributed by atoms with E-state index in [0.29, 0.717) is 5.56 Å². The summed E-state index contributed by atoms with van der Waals surface area (Å²) >= 11 is 5.72. The number of aromatic nitrogens is 1. The molecule has 0 fully saturated rings. The van der Waals surface area contributed by atoms with Crippen LogP contribution in [0.5, 0.6) is 5.75 Å². The van der Waals surface area contributed by atoms with Crippen molar-refractivity contribution in [2.24, 2.45) is 0 Å². The van der Waals surface area contributed by atoms with Crippen molar-refractivity contribution < 1.29 is 14.3 Å². The van der Waals surface area contributed by atoms with Crippen LogP contribution in [0.3, 0.4) is 0 Å². The summed E-state index contributed by atoms with van der Waals surface area (Å²) in [4.78, 5) is 15.4. The van der Waals surface area contributed by atoms with Crippen molar-refractivity contribution in [3.63, 3.8) is 0 Å². The van der Waals surface area contributed by atoms with Gasteiger partial charge in [-0.15, -0.1) is 0 Å². The van der Waals surface area contributed by atoms with Crippen molar-refractivity contribution >= 4 is 17.5 Å². The minimum Gasteiger partial charge on any atom is -0.508 e. The SMILES string of the molecule is O=C(NCc1ccccc1O)c1cc(F)cnc1Cl. The van der Waals surface area contributed by atoms with Crippen molar-refractivity contribution in [3.8, 4) is 5.75 Å². The van der Waals surface area contributed by atoms with Gasteiger partial charge in [0.15, 0.2) is 0 Å². The zero-order valence-electron chi connectivity index (χ0n) is 9.73. The van der Waals surface area contributed by atoms with Crippen molar-refractivity contribution in [3.05, 3.63) is 58.6 Å². The van der Waals surface area contributed by atoms with Crippen molar-refractivity contribution in [1.82, 2.24) is 10.3 Å². The van der Waals surface area contributed by atoms with Crippen LogP contribution in [-0.4, -0.2) is 16.0 Å². The van der Waals surface area contributed by atoms with E-state index in [1.807, 2.05) is 0 Å². The third-order valence-electron chi connectivity index (χ3n) is 2.48. The maximum absolute atomic E-state index is 13.0. The number of benzene rings is 1. The number of carbonyl (C=O) groups is 1. The number of amides is 1. The number of phenols is 1. The number of hydrogen-bond donors (Lipinski definition) is 2. The Balaban J connectivity index is 2.10. The second-order valence-corrected chi connectivity index (χ2v) is 4.16.